The average Bonchev–Trinajstić information content (AvgIpc) is 2.53. The summed E-state index contributed by atoms with van der Waals surface area (Å²) in [5, 5.41) is 6.35. The van der Waals surface area contributed by atoms with Crippen LogP contribution in [-0.4, -0.2) is 11.9 Å². The average molecular weight is 280 g/mol. The van der Waals surface area contributed by atoms with Crippen molar-refractivity contribution in [2.24, 2.45) is 0 Å². The van der Waals surface area contributed by atoms with Gasteiger partial charge in [0.1, 0.15) is 6.04 Å². The molecule has 0 spiro atoms. The number of aryl methyl sites for hydroxylation is 2. The van der Waals surface area contributed by atoms with E-state index in [-0.39, 0.29) is 11.9 Å². The zero-order chi connectivity index (χ0) is 14.7. The van der Waals surface area contributed by atoms with Crippen LogP contribution < -0.4 is 10.6 Å². The Kier molecular flexibility index (Phi) is 3.91. The molecule has 0 aliphatic carbocycles. The SMILES string of the molecule is Cc1ccc(CNC(=O)C2CCc3ccccc3N2)cc1. The second-order valence-corrected chi connectivity index (χ2v) is 5.60. The van der Waals surface area contributed by atoms with Gasteiger partial charge < -0.3 is 10.6 Å². The first-order chi connectivity index (χ1) is 10.2. The van der Waals surface area contributed by atoms with Gasteiger partial charge in [-0.3, -0.25) is 4.79 Å². The lowest BCUT2D eigenvalue weighted by Crippen LogP contribution is -2.41. The minimum atomic E-state index is -0.134. The van der Waals surface area contributed by atoms with Gasteiger partial charge in [-0.15, -0.1) is 0 Å². The van der Waals surface area contributed by atoms with E-state index in [1.807, 2.05) is 18.2 Å². The van der Waals surface area contributed by atoms with Crippen LogP contribution in [0.1, 0.15) is 23.1 Å². The van der Waals surface area contributed by atoms with Crippen LogP contribution >= 0.6 is 0 Å². The molecule has 3 nitrogen and oxygen atoms in total. The summed E-state index contributed by atoms with van der Waals surface area (Å²) in [6.45, 7) is 2.64. The molecule has 2 aromatic rings. The fourth-order valence-electron chi connectivity index (χ4n) is 2.65. The van der Waals surface area contributed by atoms with Gasteiger partial charge in [0, 0.05) is 12.2 Å². The van der Waals surface area contributed by atoms with Gasteiger partial charge in [-0.25, -0.2) is 0 Å². The van der Waals surface area contributed by atoms with E-state index >= 15 is 0 Å². The topological polar surface area (TPSA) is 41.1 Å². The molecular weight excluding hydrogens is 260 g/mol. The molecule has 1 heterocycles. The molecular formula is C18H20N2O. The van der Waals surface area contributed by atoms with Gasteiger partial charge in [0.05, 0.1) is 0 Å². The molecule has 0 saturated heterocycles. The summed E-state index contributed by atoms with van der Waals surface area (Å²) >= 11 is 0. The van der Waals surface area contributed by atoms with E-state index in [1.165, 1.54) is 11.1 Å². The fraction of sp³-hybridized carbons (Fsp3) is 0.278. The Morgan fingerprint density at radius 3 is 2.76 bits per heavy atom. The number of benzene rings is 2. The Balaban J connectivity index is 1.58. The maximum atomic E-state index is 12.3. The summed E-state index contributed by atoms with van der Waals surface area (Å²) in [7, 11) is 0. The second kappa shape index (κ2) is 6.00. The van der Waals surface area contributed by atoms with E-state index in [4.69, 9.17) is 0 Å². The number of fused-ring (bicyclic) bond motifs is 1. The molecule has 1 atom stereocenters. The van der Waals surface area contributed by atoms with E-state index in [0.29, 0.717) is 6.54 Å². The number of hydrogen-bond donors (Lipinski definition) is 2. The predicted octanol–water partition coefficient (Wildman–Crippen LogP) is 3.04. The van der Waals surface area contributed by atoms with Gasteiger partial charge in [0.15, 0.2) is 0 Å². The Morgan fingerprint density at radius 1 is 1.19 bits per heavy atom. The zero-order valence-corrected chi connectivity index (χ0v) is 12.2. The summed E-state index contributed by atoms with van der Waals surface area (Å²) in [6, 6.07) is 16.3. The highest BCUT2D eigenvalue weighted by Gasteiger charge is 2.23. The fourth-order valence-corrected chi connectivity index (χ4v) is 2.65. The molecule has 2 N–H and O–H groups in total. The van der Waals surface area contributed by atoms with Crippen molar-refractivity contribution in [1.29, 1.82) is 0 Å². The van der Waals surface area contributed by atoms with Crippen LogP contribution in [0.3, 0.4) is 0 Å². The second-order valence-electron chi connectivity index (χ2n) is 5.60. The van der Waals surface area contributed by atoms with E-state index < -0.39 is 0 Å². The van der Waals surface area contributed by atoms with Crippen molar-refractivity contribution in [3.05, 3.63) is 65.2 Å². The highest BCUT2D eigenvalue weighted by Crippen LogP contribution is 2.24. The number of nitrogens with one attached hydrogen (secondary N) is 2. The molecule has 0 bridgehead atoms. The summed E-state index contributed by atoms with van der Waals surface area (Å²) in [4.78, 5) is 12.3. The van der Waals surface area contributed by atoms with Gasteiger partial charge in [0.25, 0.3) is 0 Å². The third-order valence-corrected chi connectivity index (χ3v) is 3.95. The molecule has 3 rings (SSSR count). The standard InChI is InChI=1S/C18H20N2O/c1-13-6-8-14(9-7-13)12-19-18(21)17-11-10-15-4-2-3-5-16(15)20-17/h2-9,17,20H,10-12H2,1H3,(H,19,21). The summed E-state index contributed by atoms with van der Waals surface area (Å²) < 4.78 is 0. The molecule has 1 unspecified atom stereocenters. The third kappa shape index (κ3) is 3.24. The normalized spacial score (nSPS) is 16.7. The molecule has 21 heavy (non-hydrogen) atoms. The predicted molar refractivity (Wildman–Crippen MR) is 85.2 cm³/mol. The summed E-state index contributed by atoms with van der Waals surface area (Å²) in [5.41, 5.74) is 4.74. The van der Waals surface area contributed by atoms with Crippen molar-refractivity contribution < 1.29 is 4.79 Å². The van der Waals surface area contributed by atoms with E-state index in [2.05, 4.69) is 47.9 Å². The minimum Gasteiger partial charge on any atom is -0.373 e. The molecule has 1 aliphatic heterocycles. The number of para-hydroxylation sites is 1. The number of rotatable bonds is 3. The monoisotopic (exact) mass is 280 g/mol. The Hall–Kier alpha value is -2.29. The van der Waals surface area contributed by atoms with Crippen molar-refractivity contribution in [3.63, 3.8) is 0 Å². The number of carbonyl (C=O) groups excluding carboxylic acids is 1. The number of amides is 1. The van der Waals surface area contributed by atoms with Crippen molar-refractivity contribution in [2.75, 3.05) is 5.32 Å². The van der Waals surface area contributed by atoms with Gasteiger partial charge in [-0.1, -0.05) is 48.0 Å². The lowest BCUT2D eigenvalue weighted by Gasteiger charge is -2.26. The molecule has 0 radical (unpaired) electrons. The van der Waals surface area contributed by atoms with E-state index in [0.717, 1.165) is 24.1 Å². The molecule has 1 amide bonds. The van der Waals surface area contributed by atoms with Crippen LogP contribution in [0.5, 0.6) is 0 Å². The van der Waals surface area contributed by atoms with Crippen LogP contribution in [0.25, 0.3) is 0 Å². The largest absolute Gasteiger partial charge is 0.373 e. The van der Waals surface area contributed by atoms with Crippen LogP contribution in [0.2, 0.25) is 0 Å². The smallest absolute Gasteiger partial charge is 0.242 e. The first kappa shape index (κ1) is 13.7. The number of carbonyl (C=O) groups is 1. The van der Waals surface area contributed by atoms with Crippen molar-refractivity contribution in [3.8, 4) is 0 Å². The van der Waals surface area contributed by atoms with Gasteiger partial charge in [-0.05, 0) is 37.0 Å². The van der Waals surface area contributed by atoms with Crippen molar-refractivity contribution in [1.82, 2.24) is 5.32 Å². The first-order valence-electron chi connectivity index (χ1n) is 7.40. The zero-order valence-electron chi connectivity index (χ0n) is 12.2. The molecule has 0 aromatic heterocycles. The maximum Gasteiger partial charge on any atom is 0.242 e. The highest BCUT2D eigenvalue weighted by molar-refractivity contribution is 5.85. The highest BCUT2D eigenvalue weighted by atomic mass is 16.2. The lowest BCUT2D eigenvalue weighted by molar-refractivity contribution is -0.122. The van der Waals surface area contributed by atoms with Crippen molar-refractivity contribution in [2.45, 2.75) is 32.4 Å². The number of hydrogen-bond acceptors (Lipinski definition) is 2. The van der Waals surface area contributed by atoms with Gasteiger partial charge in [0.2, 0.25) is 5.91 Å². The van der Waals surface area contributed by atoms with E-state index in [9.17, 15) is 4.79 Å². The number of anilines is 1. The van der Waals surface area contributed by atoms with Gasteiger partial charge >= 0.3 is 0 Å². The summed E-state index contributed by atoms with van der Waals surface area (Å²) in [5.74, 6) is 0.0741. The minimum absolute atomic E-state index is 0.0741. The Bertz CT molecular complexity index is 634. The maximum absolute atomic E-state index is 12.3. The van der Waals surface area contributed by atoms with Crippen LogP contribution in [-0.2, 0) is 17.8 Å². The quantitative estimate of drug-likeness (QED) is 0.907. The summed E-state index contributed by atoms with van der Waals surface area (Å²) in [6.07, 6.45) is 1.79. The van der Waals surface area contributed by atoms with E-state index in [1.54, 1.807) is 0 Å². The van der Waals surface area contributed by atoms with Gasteiger partial charge in [-0.2, -0.15) is 0 Å². The molecule has 0 saturated carbocycles. The lowest BCUT2D eigenvalue weighted by atomic mass is 9.97. The third-order valence-electron chi connectivity index (χ3n) is 3.95. The van der Waals surface area contributed by atoms with Crippen LogP contribution in [0, 0.1) is 6.92 Å². The first-order valence-corrected chi connectivity index (χ1v) is 7.40. The van der Waals surface area contributed by atoms with Crippen LogP contribution in [0.15, 0.2) is 48.5 Å². The molecule has 2 aromatic carbocycles. The molecule has 0 fully saturated rings. The van der Waals surface area contributed by atoms with Crippen molar-refractivity contribution >= 4 is 11.6 Å². The molecule has 1 aliphatic rings. The molecule has 3 heteroatoms. The Morgan fingerprint density at radius 2 is 1.95 bits per heavy atom. The Labute approximate surface area is 125 Å². The molecule has 108 valence electrons. The van der Waals surface area contributed by atoms with Crippen LogP contribution in [0.4, 0.5) is 5.69 Å².